The normalized spacial score (nSPS) is 13.6. The fourth-order valence-electron chi connectivity index (χ4n) is 1.31. The minimum absolute atomic E-state index is 0.132. The molecule has 1 unspecified atom stereocenters. The largest absolute Gasteiger partial charge is 0.397 e. The van der Waals surface area contributed by atoms with Crippen molar-refractivity contribution in [2.45, 2.75) is 17.9 Å². The second-order valence-electron chi connectivity index (χ2n) is 3.66. The summed E-state index contributed by atoms with van der Waals surface area (Å²) in [6.45, 7) is 1.81. The summed E-state index contributed by atoms with van der Waals surface area (Å²) in [5.41, 5.74) is 5.84. The van der Waals surface area contributed by atoms with Crippen molar-refractivity contribution in [3.63, 3.8) is 0 Å². The lowest BCUT2D eigenvalue weighted by Gasteiger charge is -2.13. The fourth-order valence-corrected chi connectivity index (χ4v) is 3.39. The molecule has 7 heteroatoms. The maximum absolute atomic E-state index is 12.0. The molecule has 0 saturated carbocycles. The molecule has 0 amide bonds. The van der Waals surface area contributed by atoms with Crippen LogP contribution in [0.1, 0.15) is 6.92 Å². The van der Waals surface area contributed by atoms with E-state index in [0.717, 1.165) is 0 Å². The van der Waals surface area contributed by atoms with Crippen LogP contribution in [0, 0.1) is 0 Å². The SMILES string of the molecule is CSCC(C)NS(=O)(=O)c1ccc(Cl)c(N)c1. The summed E-state index contributed by atoms with van der Waals surface area (Å²) in [5.74, 6) is 0.711. The Morgan fingerprint density at radius 2 is 2.18 bits per heavy atom. The van der Waals surface area contributed by atoms with Crippen LogP contribution >= 0.6 is 23.4 Å². The monoisotopic (exact) mass is 294 g/mol. The van der Waals surface area contributed by atoms with Crippen molar-refractivity contribution in [2.75, 3.05) is 17.7 Å². The van der Waals surface area contributed by atoms with Gasteiger partial charge in [0.05, 0.1) is 15.6 Å². The minimum atomic E-state index is -3.52. The minimum Gasteiger partial charge on any atom is -0.397 e. The second kappa shape index (κ2) is 5.95. The molecule has 0 heterocycles. The highest BCUT2D eigenvalue weighted by atomic mass is 35.5. The number of thioether (sulfide) groups is 1. The lowest BCUT2D eigenvalue weighted by Crippen LogP contribution is -2.34. The van der Waals surface area contributed by atoms with Gasteiger partial charge >= 0.3 is 0 Å². The smallest absolute Gasteiger partial charge is 0.240 e. The highest BCUT2D eigenvalue weighted by Gasteiger charge is 2.17. The van der Waals surface area contributed by atoms with Crippen molar-refractivity contribution in [3.8, 4) is 0 Å². The van der Waals surface area contributed by atoms with Crippen LogP contribution in [0.4, 0.5) is 5.69 Å². The summed E-state index contributed by atoms with van der Waals surface area (Å²) < 4.78 is 26.5. The lowest BCUT2D eigenvalue weighted by atomic mass is 10.3. The maximum atomic E-state index is 12.0. The van der Waals surface area contributed by atoms with Gasteiger partial charge in [-0.3, -0.25) is 0 Å². The van der Waals surface area contributed by atoms with E-state index in [4.69, 9.17) is 17.3 Å². The molecule has 0 aliphatic carbocycles. The molecule has 1 rings (SSSR count). The molecule has 0 aliphatic heterocycles. The van der Waals surface area contributed by atoms with E-state index in [-0.39, 0.29) is 16.6 Å². The van der Waals surface area contributed by atoms with Crippen molar-refractivity contribution in [1.29, 1.82) is 0 Å². The van der Waals surface area contributed by atoms with Crippen molar-refractivity contribution >= 4 is 39.1 Å². The van der Waals surface area contributed by atoms with Crippen molar-refractivity contribution < 1.29 is 8.42 Å². The van der Waals surface area contributed by atoms with Gasteiger partial charge in [-0.15, -0.1) is 0 Å². The Labute approximate surface area is 111 Å². The highest BCUT2D eigenvalue weighted by molar-refractivity contribution is 7.98. The van der Waals surface area contributed by atoms with Crippen molar-refractivity contribution in [3.05, 3.63) is 23.2 Å². The number of halogens is 1. The number of hydrogen-bond acceptors (Lipinski definition) is 4. The molecule has 0 aliphatic rings. The van der Waals surface area contributed by atoms with Crippen LogP contribution in [-0.2, 0) is 10.0 Å². The molecule has 0 fully saturated rings. The molecule has 1 aromatic rings. The molecule has 0 aromatic heterocycles. The van der Waals surface area contributed by atoms with Gasteiger partial charge in [-0.05, 0) is 31.4 Å². The predicted octanol–water partition coefficient (Wildman–Crippen LogP) is 1.95. The van der Waals surface area contributed by atoms with Gasteiger partial charge in [-0.1, -0.05) is 11.6 Å². The summed E-state index contributed by atoms with van der Waals surface area (Å²) in [6, 6.07) is 4.14. The van der Waals surface area contributed by atoms with Gasteiger partial charge in [0.1, 0.15) is 0 Å². The molecular formula is C10H15ClN2O2S2. The fraction of sp³-hybridized carbons (Fsp3) is 0.400. The van der Waals surface area contributed by atoms with E-state index in [2.05, 4.69) is 4.72 Å². The Morgan fingerprint density at radius 3 is 2.71 bits per heavy atom. The number of rotatable bonds is 5. The molecule has 0 spiro atoms. The second-order valence-corrected chi connectivity index (χ2v) is 6.69. The van der Waals surface area contributed by atoms with Gasteiger partial charge in [0.25, 0.3) is 0 Å². The van der Waals surface area contributed by atoms with E-state index in [0.29, 0.717) is 10.8 Å². The first-order chi connectivity index (χ1) is 7.86. The Morgan fingerprint density at radius 1 is 1.53 bits per heavy atom. The predicted molar refractivity (Wildman–Crippen MR) is 74.0 cm³/mol. The molecule has 4 nitrogen and oxygen atoms in total. The number of benzene rings is 1. The third-order valence-corrected chi connectivity index (χ3v) is 4.82. The van der Waals surface area contributed by atoms with Crippen molar-refractivity contribution in [1.82, 2.24) is 4.72 Å². The highest BCUT2D eigenvalue weighted by Crippen LogP contribution is 2.22. The van der Waals surface area contributed by atoms with Crippen LogP contribution in [0.25, 0.3) is 0 Å². The summed E-state index contributed by atoms with van der Waals surface area (Å²) in [4.78, 5) is 0.132. The average molecular weight is 295 g/mol. The Balaban J connectivity index is 2.93. The summed E-state index contributed by atoms with van der Waals surface area (Å²) in [7, 11) is -3.52. The van der Waals surface area contributed by atoms with E-state index in [1.165, 1.54) is 18.2 Å². The molecule has 96 valence electrons. The zero-order chi connectivity index (χ0) is 13.1. The Bertz CT molecular complexity index is 491. The molecule has 17 heavy (non-hydrogen) atoms. The van der Waals surface area contributed by atoms with Crippen molar-refractivity contribution in [2.24, 2.45) is 0 Å². The first-order valence-electron chi connectivity index (χ1n) is 4.93. The maximum Gasteiger partial charge on any atom is 0.240 e. The quantitative estimate of drug-likeness (QED) is 0.814. The van der Waals surface area contributed by atoms with Gasteiger partial charge in [0.15, 0.2) is 0 Å². The molecule has 0 saturated heterocycles. The van der Waals surface area contributed by atoms with Crippen LogP contribution < -0.4 is 10.5 Å². The standard InChI is InChI=1S/C10H15ClN2O2S2/c1-7(6-16-2)13-17(14,15)8-3-4-9(11)10(12)5-8/h3-5,7,13H,6,12H2,1-2H3. The number of nitrogens with two attached hydrogens (primary N) is 1. The number of nitrogen functional groups attached to an aromatic ring is 1. The number of sulfonamides is 1. The molecule has 0 radical (unpaired) electrons. The zero-order valence-corrected chi connectivity index (χ0v) is 12.0. The third kappa shape index (κ3) is 4.06. The van der Waals surface area contributed by atoms with E-state index < -0.39 is 10.0 Å². The lowest BCUT2D eigenvalue weighted by molar-refractivity contribution is 0.571. The summed E-state index contributed by atoms with van der Waals surface area (Å²) >= 11 is 7.32. The Kier molecular flexibility index (Phi) is 5.12. The molecular weight excluding hydrogens is 280 g/mol. The van der Waals surface area contributed by atoms with E-state index >= 15 is 0 Å². The van der Waals surface area contributed by atoms with Gasteiger partial charge in [0, 0.05) is 11.8 Å². The van der Waals surface area contributed by atoms with Gasteiger partial charge < -0.3 is 5.73 Å². The van der Waals surface area contributed by atoms with Crippen LogP contribution in [0.15, 0.2) is 23.1 Å². The average Bonchev–Trinajstić information content (AvgIpc) is 2.21. The Hall–Kier alpha value is -0.430. The number of hydrogen-bond donors (Lipinski definition) is 2. The summed E-state index contributed by atoms with van der Waals surface area (Å²) in [5, 5.41) is 0.348. The van der Waals surface area contributed by atoms with E-state index in [1.54, 1.807) is 11.8 Å². The molecule has 1 atom stereocenters. The van der Waals surface area contributed by atoms with Gasteiger partial charge in [-0.25, -0.2) is 13.1 Å². The van der Waals surface area contributed by atoms with Crippen LogP contribution in [0.2, 0.25) is 5.02 Å². The summed E-state index contributed by atoms with van der Waals surface area (Å²) in [6.07, 6.45) is 1.92. The van der Waals surface area contributed by atoms with Crippen LogP contribution in [0.3, 0.4) is 0 Å². The first-order valence-corrected chi connectivity index (χ1v) is 8.18. The van der Waals surface area contributed by atoms with Crippen LogP contribution in [-0.4, -0.2) is 26.5 Å². The van der Waals surface area contributed by atoms with E-state index in [9.17, 15) is 8.42 Å². The van der Waals surface area contributed by atoms with Gasteiger partial charge in [-0.2, -0.15) is 11.8 Å². The third-order valence-electron chi connectivity index (χ3n) is 2.05. The zero-order valence-electron chi connectivity index (χ0n) is 9.60. The topological polar surface area (TPSA) is 72.2 Å². The molecule has 0 bridgehead atoms. The van der Waals surface area contributed by atoms with E-state index in [1.807, 2.05) is 13.2 Å². The molecule has 1 aromatic carbocycles. The molecule has 3 N–H and O–H groups in total. The first kappa shape index (κ1) is 14.6. The van der Waals surface area contributed by atoms with Crippen LogP contribution in [0.5, 0.6) is 0 Å². The number of nitrogens with one attached hydrogen (secondary N) is 1. The number of anilines is 1. The van der Waals surface area contributed by atoms with Gasteiger partial charge in [0.2, 0.25) is 10.0 Å².